The zero-order chi connectivity index (χ0) is 12.0. The number of rotatable bonds is 6. The lowest BCUT2D eigenvalue weighted by molar-refractivity contribution is -0.0566. The van der Waals surface area contributed by atoms with Gasteiger partial charge in [0, 0.05) is 12.2 Å². The average molecular weight is 222 g/mol. The number of aromatic nitrogens is 1. The third kappa shape index (κ3) is 3.29. The Hall–Kier alpha value is -0.930. The molecule has 0 aliphatic rings. The van der Waals surface area contributed by atoms with Crippen molar-refractivity contribution in [3.05, 3.63) is 29.6 Å². The molecule has 2 N–H and O–H groups in total. The normalized spacial score (nSPS) is 11.8. The number of pyridine rings is 1. The fraction of sp³-hybridized carbons (Fsp3) is 0.615. The van der Waals surface area contributed by atoms with E-state index >= 15 is 0 Å². The van der Waals surface area contributed by atoms with Gasteiger partial charge in [0.05, 0.1) is 17.9 Å². The van der Waals surface area contributed by atoms with E-state index in [0.717, 1.165) is 24.2 Å². The molecule has 0 unspecified atom stereocenters. The number of aryl methyl sites for hydroxylation is 1. The summed E-state index contributed by atoms with van der Waals surface area (Å²) in [6.45, 7) is 7.31. The monoisotopic (exact) mass is 222 g/mol. The number of ether oxygens (including phenoxy) is 1. The van der Waals surface area contributed by atoms with Crippen LogP contribution in [0.15, 0.2) is 18.2 Å². The second-order valence-electron chi connectivity index (χ2n) is 4.15. The lowest BCUT2D eigenvalue weighted by Gasteiger charge is -2.30. The summed E-state index contributed by atoms with van der Waals surface area (Å²) in [6, 6.07) is 5.97. The summed E-state index contributed by atoms with van der Waals surface area (Å²) in [7, 11) is 0. The molecule has 16 heavy (non-hydrogen) atoms. The summed E-state index contributed by atoms with van der Waals surface area (Å²) in [5, 5.41) is 0. The van der Waals surface area contributed by atoms with E-state index in [4.69, 9.17) is 10.5 Å². The van der Waals surface area contributed by atoms with Gasteiger partial charge in [-0.3, -0.25) is 4.98 Å². The second kappa shape index (κ2) is 5.97. The van der Waals surface area contributed by atoms with Crippen molar-refractivity contribution in [2.24, 2.45) is 5.73 Å². The summed E-state index contributed by atoms with van der Waals surface area (Å²) >= 11 is 0. The zero-order valence-corrected chi connectivity index (χ0v) is 10.5. The van der Waals surface area contributed by atoms with Gasteiger partial charge in [-0.15, -0.1) is 0 Å². The van der Waals surface area contributed by atoms with Gasteiger partial charge < -0.3 is 10.5 Å². The van der Waals surface area contributed by atoms with Gasteiger partial charge >= 0.3 is 0 Å². The SMILES string of the molecule is CCC(CC)(CN)OCc1cccc(C)n1. The first-order valence-corrected chi connectivity index (χ1v) is 5.92. The maximum absolute atomic E-state index is 5.93. The van der Waals surface area contributed by atoms with E-state index in [9.17, 15) is 0 Å². The lowest BCUT2D eigenvalue weighted by atomic mass is 9.97. The topological polar surface area (TPSA) is 48.1 Å². The quantitative estimate of drug-likeness (QED) is 0.804. The maximum atomic E-state index is 5.93. The van der Waals surface area contributed by atoms with E-state index in [2.05, 4.69) is 18.8 Å². The fourth-order valence-electron chi connectivity index (χ4n) is 1.71. The van der Waals surface area contributed by atoms with E-state index in [1.165, 1.54) is 0 Å². The molecule has 1 aromatic heterocycles. The Morgan fingerprint density at radius 3 is 2.50 bits per heavy atom. The third-order valence-electron chi connectivity index (χ3n) is 3.13. The third-order valence-corrected chi connectivity index (χ3v) is 3.13. The molecule has 0 aliphatic heterocycles. The Morgan fingerprint density at radius 2 is 2.00 bits per heavy atom. The first kappa shape index (κ1) is 13.1. The van der Waals surface area contributed by atoms with Gasteiger partial charge in [-0.1, -0.05) is 19.9 Å². The predicted octanol–water partition coefficient (Wildman–Crippen LogP) is 2.42. The van der Waals surface area contributed by atoms with Crippen LogP contribution in [0.2, 0.25) is 0 Å². The summed E-state index contributed by atoms with van der Waals surface area (Å²) in [6.07, 6.45) is 1.87. The lowest BCUT2D eigenvalue weighted by Crippen LogP contribution is -2.39. The molecule has 0 aromatic carbocycles. The van der Waals surface area contributed by atoms with Crippen molar-refractivity contribution >= 4 is 0 Å². The van der Waals surface area contributed by atoms with Crippen LogP contribution >= 0.6 is 0 Å². The molecule has 0 saturated heterocycles. The largest absolute Gasteiger partial charge is 0.367 e. The predicted molar refractivity (Wildman–Crippen MR) is 66.1 cm³/mol. The van der Waals surface area contributed by atoms with Gasteiger partial charge in [0.2, 0.25) is 0 Å². The van der Waals surface area contributed by atoms with Crippen molar-refractivity contribution < 1.29 is 4.74 Å². The van der Waals surface area contributed by atoms with E-state index in [1.807, 2.05) is 25.1 Å². The number of nitrogens with zero attached hydrogens (tertiary/aromatic N) is 1. The van der Waals surface area contributed by atoms with Crippen LogP contribution in [0.25, 0.3) is 0 Å². The van der Waals surface area contributed by atoms with Crippen molar-refractivity contribution in [2.45, 2.75) is 45.8 Å². The Balaban J connectivity index is 2.62. The molecule has 1 heterocycles. The fourth-order valence-corrected chi connectivity index (χ4v) is 1.71. The Labute approximate surface area is 98.0 Å². The van der Waals surface area contributed by atoms with Gasteiger partial charge in [-0.2, -0.15) is 0 Å². The molecule has 0 atom stereocenters. The van der Waals surface area contributed by atoms with Crippen LogP contribution in [0.5, 0.6) is 0 Å². The standard InChI is InChI=1S/C13H22N2O/c1-4-13(5-2,10-14)16-9-12-8-6-7-11(3)15-12/h6-8H,4-5,9-10,14H2,1-3H3. The molecule has 0 aliphatic carbocycles. The van der Waals surface area contributed by atoms with Crippen LogP contribution in [0.4, 0.5) is 0 Å². The molecule has 0 bridgehead atoms. The van der Waals surface area contributed by atoms with Crippen LogP contribution in [0, 0.1) is 6.92 Å². The average Bonchev–Trinajstić information content (AvgIpc) is 2.32. The van der Waals surface area contributed by atoms with Crippen molar-refractivity contribution in [1.29, 1.82) is 0 Å². The highest BCUT2D eigenvalue weighted by Gasteiger charge is 2.25. The first-order chi connectivity index (χ1) is 7.65. The minimum atomic E-state index is -0.189. The number of nitrogens with two attached hydrogens (primary N) is 1. The number of hydrogen-bond donors (Lipinski definition) is 1. The summed E-state index contributed by atoms with van der Waals surface area (Å²) in [4.78, 5) is 4.41. The van der Waals surface area contributed by atoms with Gasteiger partial charge in [0.1, 0.15) is 0 Å². The van der Waals surface area contributed by atoms with Crippen molar-refractivity contribution in [3.63, 3.8) is 0 Å². The van der Waals surface area contributed by atoms with E-state index in [-0.39, 0.29) is 5.60 Å². The molecule has 90 valence electrons. The molecular weight excluding hydrogens is 200 g/mol. The zero-order valence-electron chi connectivity index (χ0n) is 10.5. The first-order valence-electron chi connectivity index (χ1n) is 5.92. The van der Waals surface area contributed by atoms with Crippen LogP contribution in [-0.4, -0.2) is 17.1 Å². The molecule has 3 nitrogen and oxygen atoms in total. The van der Waals surface area contributed by atoms with E-state index in [0.29, 0.717) is 13.2 Å². The summed E-state index contributed by atoms with van der Waals surface area (Å²) in [5.41, 5.74) is 7.58. The molecule has 0 saturated carbocycles. The summed E-state index contributed by atoms with van der Waals surface area (Å²) in [5.74, 6) is 0. The van der Waals surface area contributed by atoms with Gasteiger partial charge in [-0.05, 0) is 31.9 Å². The van der Waals surface area contributed by atoms with Gasteiger partial charge in [0.15, 0.2) is 0 Å². The second-order valence-corrected chi connectivity index (χ2v) is 4.15. The van der Waals surface area contributed by atoms with Gasteiger partial charge in [-0.25, -0.2) is 0 Å². The van der Waals surface area contributed by atoms with Crippen LogP contribution < -0.4 is 5.73 Å². The summed E-state index contributed by atoms with van der Waals surface area (Å²) < 4.78 is 5.93. The molecule has 0 radical (unpaired) electrons. The van der Waals surface area contributed by atoms with Crippen LogP contribution in [0.1, 0.15) is 38.1 Å². The molecule has 0 amide bonds. The molecular formula is C13H22N2O. The Morgan fingerprint density at radius 1 is 1.31 bits per heavy atom. The van der Waals surface area contributed by atoms with Crippen molar-refractivity contribution in [2.75, 3.05) is 6.54 Å². The van der Waals surface area contributed by atoms with Crippen LogP contribution in [-0.2, 0) is 11.3 Å². The van der Waals surface area contributed by atoms with Crippen molar-refractivity contribution in [1.82, 2.24) is 4.98 Å². The van der Waals surface area contributed by atoms with Gasteiger partial charge in [0.25, 0.3) is 0 Å². The Kier molecular flexibility index (Phi) is 4.90. The molecule has 1 rings (SSSR count). The highest BCUT2D eigenvalue weighted by molar-refractivity contribution is 5.09. The number of hydrogen-bond acceptors (Lipinski definition) is 3. The highest BCUT2D eigenvalue weighted by Crippen LogP contribution is 2.20. The smallest absolute Gasteiger partial charge is 0.0896 e. The van der Waals surface area contributed by atoms with E-state index < -0.39 is 0 Å². The molecule has 3 heteroatoms. The van der Waals surface area contributed by atoms with E-state index in [1.54, 1.807) is 0 Å². The molecule has 1 aromatic rings. The molecule has 0 spiro atoms. The molecule has 0 fully saturated rings. The van der Waals surface area contributed by atoms with Crippen molar-refractivity contribution in [3.8, 4) is 0 Å². The minimum absolute atomic E-state index is 0.189. The maximum Gasteiger partial charge on any atom is 0.0896 e. The Bertz CT molecular complexity index is 313. The highest BCUT2D eigenvalue weighted by atomic mass is 16.5. The minimum Gasteiger partial charge on any atom is -0.367 e. The van der Waals surface area contributed by atoms with Crippen LogP contribution in [0.3, 0.4) is 0 Å².